The van der Waals surface area contributed by atoms with Gasteiger partial charge in [-0.3, -0.25) is 4.79 Å². The number of carbonyl (C=O) groups excluding carboxylic acids is 1. The summed E-state index contributed by atoms with van der Waals surface area (Å²) in [6.45, 7) is 0.663. The number of fused-ring (bicyclic) bond motifs is 1. The molecule has 0 N–H and O–H groups in total. The molecule has 2 aromatic rings. The molecule has 4 rings (SSSR count). The average Bonchev–Trinajstić information content (AvgIpc) is 3.10. The van der Waals surface area contributed by atoms with Gasteiger partial charge in [-0.05, 0) is 37.3 Å². The van der Waals surface area contributed by atoms with E-state index in [0.717, 1.165) is 25.0 Å². The standard InChI is InChI=1S/C17H17F2N3O3/c1-24-9-14-20-21-16(25-14)17-6-4-10(17)5-7-22(17)15(23)12-3-2-11(18)8-13(12)19/h2-3,8,10H,4-7,9H2,1H3/t10-,17-/m0/s1. The maximum Gasteiger partial charge on any atom is 0.257 e. The van der Waals surface area contributed by atoms with Crippen molar-refractivity contribution in [2.75, 3.05) is 13.7 Å². The molecule has 2 atom stereocenters. The molecule has 1 saturated heterocycles. The Hall–Kier alpha value is -2.35. The lowest BCUT2D eigenvalue weighted by atomic mass is 9.67. The molecule has 1 amide bonds. The molecule has 8 heteroatoms. The minimum absolute atomic E-state index is 0.148. The SMILES string of the molecule is COCc1nnc([C@]23CC[C@H]2CCN3C(=O)c2ccc(F)cc2F)o1. The van der Waals surface area contributed by atoms with Crippen LogP contribution in [0.1, 0.15) is 41.4 Å². The van der Waals surface area contributed by atoms with Crippen molar-refractivity contribution in [2.24, 2.45) is 5.92 Å². The number of hydrogen-bond acceptors (Lipinski definition) is 5. The van der Waals surface area contributed by atoms with Gasteiger partial charge in [-0.25, -0.2) is 8.78 Å². The summed E-state index contributed by atoms with van der Waals surface area (Å²) in [5.41, 5.74) is -0.846. The van der Waals surface area contributed by atoms with Gasteiger partial charge in [0.2, 0.25) is 11.8 Å². The first-order valence-electron chi connectivity index (χ1n) is 8.15. The third-order valence-corrected chi connectivity index (χ3v) is 5.24. The minimum Gasteiger partial charge on any atom is -0.420 e. The summed E-state index contributed by atoms with van der Waals surface area (Å²) in [6, 6.07) is 2.98. The highest BCUT2D eigenvalue weighted by atomic mass is 19.1. The maximum atomic E-state index is 14.1. The fourth-order valence-corrected chi connectivity index (χ4v) is 3.94. The summed E-state index contributed by atoms with van der Waals surface area (Å²) in [4.78, 5) is 14.5. The second kappa shape index (κ2) is 5.87. The molecule has 1 aromatic heterocycles. The van der Waals surface area contributed by atoms with Crippen LogP contribution in [0.15, 0.2) is 22.6 Å². The summed E-state index contributed by atoms with van der Waals surface area (Å²) < 4.78 is 37.9. The van der Waals surface area contributed by atoms with Crippen molar-refractivity contribution in [3.05, 3.63) is 47.2 Å². The number of ether oxygens (including phenoxy) is 1. The molecule has 1 aliphatic heterocycles. The van der Waals surface area contributed by atoms with Crippen LogP contribution in [0, 0.1) is 17.6 Å². The van der Waals surface area contributed by atoms with E-state index >= 15 is 0 Å². The molecule has 1 saturated carbocycles. The predicted octanol–water partition coefficient (Wildman–Crippen LogP) is 2.65. The summed E-state index contributed by atoms with van der Waals surface area (Å²) in [7, 11) is 1.52. The van der Waals surface area contributed by atoms with E-state index in [1.807, 2.05) is 0 Å². The number of methoxy groups -OCH3 is 1. The molecule has 2 aliphatic rings. The molecular weight excluding hydrogens is 332 g/mol. The topological polar surface area (TPSA) is 68.5 Å². The number of hydrogen-bond donors (Lipinski definition) is 0. The van der Waals surface area contributed by atoms with Crippen LogP contribution in [0.4, 0.5) is 8.78 Å². The zero-order chi connectivity index (χ0) is 17.6. The fraction of sp³-hybridized carbons (Fsp3) is 0.471. The van der Waals surface area contributed by atoms with E-state index in [1.54, 1.807) is 4.90 Å². The summed E-state index contributed by atoms with van der Waals surface area (Å²) in [5.74, 6) is -1.16. The van der Waals surface area contributed by atoms with Crippen LogP contribution in [0.25, 0.3) is 0 Å². The van der Waals surface area contributed by atoms with Gasteiger partial charge in [0, 0.05) is 19.7 Å². The number of halogens is 2. The van der Waals surface area contributed by atoms with Crippen molar-refractivity contribution < 1.29 is 22.7 Å². The first-order chi connectivity index (χ1) is 12.1. The van der Waals surface area contributed by atoms with Crippen molar-refractivity contribution in [1.82, 2.24) is 15.1 Å². The number of benzene rings is 1. The van der Waals surface area contributed by atoms with Gasteiger partial charge in [0.05, 0.1) is 5.56 Å². The Morgan fingerprint density at radius 1 is 1.40 bits per heavy atom. The largest absolute Gasteiger partial charge is 0.420 e. The molecule has 0 unspecified atom stereocenters. The van der Waals surface area contributed by atoms with E-state index in [4.69, 9.17) is 9.15 Å². The zero-order valence-corrected chi connectivity index (χ0v) is 13.7. The van der Waals surface area contributed by atoms with Crippen LogP contribution in [0.5, 0.6) is 0 Å². The van der Waals surface area contributed by atoms with Crippen molar-refractivity contribution >= 4 is 5.91 Å². The van der Waals surface area contributed by atoms with E-state index in [0.29, 0.717) is 24.7 Å². The predicted molar refractivity (Wildman–Crippen MR) is 81.4 cm³/mol. The zero-order valence-electron chi connectivity index (χ0n) is 13.7. The average molecular weight is 349 g/mol. The lowest BCUT2D eigenvalue weighted by Gasteiger charge is -2.47. The number of amides is 1. The fourth-order valence-electron chi connectivity index (χ4n) is 3.94. The smallest absolute Gasteiger partial charge is 0.257 e. The Bertz CT molecular complexity index is 825. The number of aromatic nitrogens is 2. The molecule has 0 bridgehead atoms. The molecule has 0 spiro atoms. The Kier molecular flexibility index (Phi) is 3.79. The van der Waals surface area contributed by atoms with Crippen molar-refractivity contribution in [2.45, 2.75) is 31.4 Å². The quantitative estimate of drug-likeness (QED) is 0.849. The molecule has 1 aromatic carbocycles. The third-order valence-electron chi connectivity index (χ3n) is 5.24. The molecular formula is C17H17F2N3O3. The first-order valence-corrected chi connectivity index (χ1v) is 8.15. The summed E-state index contributed by atoms with van der Waals surface area (Å²) >= 11 is 0. The van der Waals surface area contributed by atoms with Gasteiger partial charge in [-0.15, -0.1) is 10.2 Å². The van der Waals surface area contributed by atoms with Gasteiger partial charge < -0.3 is 14.1 Å². The highest BCUT2D eigenvalue weighted by Crippen LogP contribution is 2.56. The Morgan fingerprint density at radius 2 is 2.24 bits per heavy atom. The van der Waals surface area contributed by atoms with Gasteiger partial charge in [-0.1, -0.05) is 0 Å². The number of likely N-dealkylation sites (tertiary alicyclic amines) is 1. The van der Waals surface area contributed by atoms with Crippen LogP contribution in [0.3, 0.4) is 0 Å². The second-order valence-electron chi connectivity index (χ2n) is 6.46. The van der Waals surface area contributed by atoms with Crippen LogP contribution in [-0.4, -0.2) is 34.7 Å². The molecule has 2 heterocycles. The molecule has 132 valence electrons. The summed E-state index contributed by atoms with van der Waals surface area (Å²) in [6.07, 6.45) is 2.41. The highest BCUT2D eigenvalue weighted by molar-refractivity contribution is 5.95. The summed E-state index contributed by atoms with van der Waals surface area (Å²) in [5, 5.41) is 8.07. The molecule has 2 fully saturated rings. The number of nitrogens with zero attached hydrogens (tertiary/aromatic N) is 3. The van der Waals surface area contributed by atoms with Gasteiger partial charge in [-0.2, -0.15) is 0 Å². The Balaban J connectivity index is 1.69. The van der Waals surface area contributed by atoms with Gasteiger partial charge in [0.15, 0.2) is 0 Å². The van der Waals surface area contributed by atoms with Crippen LogP contribution < -0.4 is 0 Å². The Labute approximate surface area is 142 Å². The molecule has 0 radical (unpaired) electrons. The monoisotopic (exact) mass is 349 g/mol. The van der Waals surface area contributed by atoms with Crippen molar-refractivity contribution in [1.29, 1.82) is 0 Å². The lowest BCUT2D eigenvalue weighted by Crippen LogP contribution is -2.54. The number of carbonyl (C=O) groups is 1. The van der Waals surface area contributed by atoms with Crippen molar-refractivity contribution in [3.8, 4) is 0 Å². The van der Waals surface area contributed by atoms with Gasteiger partial charge >= 0.3 is 0 Å². The number of rotatable bonds is 4. The Morgan fingerprint density at radius 3 is 2.92 bits per heavy atom. The second-order valence-corrected chi connectivity index (χ2v) is 6.46. The normalized spacial score (nSPS) is 24.9. The van der Waals surface area contributed by atoms with E-state index in [2.05, 4.69) is 10.2 Å². The lowest BCUT2D eigenvalue weighted by molar-refractivity contribution is -0.00486. The van der Waals surface area contributed by atoms with E-state index in [1.165, 1.54) is 13.2 Å². The van der Waals surface area contributed by atoms with Crippen LogP contribution >= 0.6 is 0 Å². The van der Waals surface area contributed by atoms with Crippen molar-refractivity contribution in [3.63, 3.8) is 0 Å². The van der Waals surface area contributed by atoms with Crippen LogP contribution in [0.2, 0.25) is 0 Å². The molecule has 25 heavy (non-hydrogen) atoms. The first kappa shape index (κ1) is 16.1. The van der Waals surface area contributed by atoms with Gasteiger partial charge in [0.1, 0.15) is 23.8 Å². The molecule has 6 nitrogen and oxygen atoms in total. The van der Waals surface area contributed by atoms with E-state index in [-0.39, 0.29) is 18.1 Å². The van der Waals surface area contributed by atoms with Crippen LogP contribution in [-0.2, 0) is 16.9 Å². The van der Waals surface area contributed by atoms with E-state index < -0.39 is 23.1 Å². The van der Waals surface area contributed by atoms with E-state index in [9.17, 15) is 13.6 Å². The molecule has 1 aliphatic carbocycles. The van der Waals surface area contributed by atoms with Gasteiger partial charge in [0.25, 0.3) is 5.91 Å². The minimum atomic E-state index is -0.867. The third kappa shape index (κ3) is 2.35. The highest BCUT2D eigenvalue weighted by Gasteiger charge is 2.61. The maximum absolute atomic E-state index is 14.1.